The van der Waals surface area contributed by atoms with E-state index < -0.39 is 17.7 Å². The molecule has 1 amide bonds. The quantitative estimate of drug-likeness (QED) is 0.494. The number of ether oxygens (including phenoxy) is 1. The Balaban J connectivity index is 1.79. The highest BCUT2D eigenvalue weighted by Crippen LogP contribution is 2.30. The first kappa shape index (κ1) is 21.6. The maximum Gasteiger partial charge on any atom is 0.307 e. The van der Waals surface area contributed by atoms with Gasteiger partial charge in [0.05, 0.1) is 27.7 Å². The summed E-state index contributed by atoms with van der Waals surface area (Å²) in [6.07, 6.45) is -0.213. The van der Waals surface area contributed by atoms with Gasteiger partial charge in [-0.2, -0.15) is 0 Å². The fourth-order valence-corrected chi connectivity index (χ4v) is 3.20. The van der Waals surface area contributed by atoms with Gasteiger partial charge >= 0.3 is 5.97 Å². The van der Waals surface area contributed by atoms with E-state index in [2.05, 4.69) is 5.32 Å². The van der Waals surface area contributed by atoms with Gasteiger partial charge in [-0.15, -0.1) is 0 Å². The molecule has 8 heteroatoms. The van der Waals surface area contributed by atoms with Crippen LogP contribution in [-0.4, -0.2) is 17.0 Å². The van der Waals surface area contributed by atoms with Gasteiger partial charge < -0.3 is 15.2 Å². The zero-order chi connectivity index (χ0) is 21.7. The summed E-state index contributed by atoms with van der Waals surface area (Å²) in [5.41, 5.74) is 1.12. The first-order valence-corrected chi connectivity index (χ1v) is 9.57. The molecule has 0 heterocycles. The number of halogens is 3. The average Bonchev–Trinajstić information content (AvgIpc) is 2.70. The monoisotopic (exact) mass is 447 g/mol. The molecule has 3 aromatic carbocycles. The van der Waals surface area contributed by atoms with Gasteiger partial charge in [0.15, 0.2) is 11.6 Å². The number of hydrogen-bond donors (Lipinski definition) is 2. The fourth-order valence-electron chi connectivity index (χ4n) is 2.72. The Morgan fingerprint density at radius 2 is 1.70 bits per heavy atom. The van der Waals surface area contributed by atoms with Crippen LogP contribution in [0, 0.1) is 5.82 Å². The van der Waals surface area contributed by atoms with Crippen LogP contribution in [0.5, 0.6) is 5.75 Å². The summed E-state index contributed by atoms with van der Waals surface area (Å²) in [6.45, 7) is 0.122. The second-order valence-corrected chi connectivity index (χ2v) is 7.16. The van der Waals surface area contributed by atoms with E-state index in [0.29, 0.717) is 5.56 Å². The van der Waals surface area contributed by atoms with E-state index in [-0.39, 0.29) is 40.1 Å². The van der Waals surface area contributed by atoms with Crippen LogP contribution in [0.4, 0.5) is 10.1 Å². The Morgan fingerprint density at radius 3 is 2.37 bits per heavy atom. The van der Waals surface area contributed by atoms with Crippen LogP contribution in [0.3, 0.4) is 0 Å². The lowest BCUT2D eigenvalue weighted by Crippen LogP contribution is -2.15. The van der Waals surface area contributed by atoms with Gasteiger partial charge in [0.2, 0.25) is 0 Å². The zero-order valence-electron chi connectivity index (χ0n) is 15.5. The highest BCUT2D eigenvalue weighted by molar-refractivity contribution is 6.36. The molecular formula is C22H16Cl2FNO4. The summed E-state index contributed by atoms with van der Waals surface area (Å²) < 4.78 is 20.4. The molecule has 0 spiro atoms. The maximum atomic E-state index is 14.9. The molecule has 0 radical (unpaired) electrons. The van der Waals surface area contributed by atoms with Gasteiger partial charge in [0.25, 0.3) is 5.91 Å². The second-order valence-electron chi connectivity index (χ2n) is 6.35. The molecule has 0 aliphatic heterocycles. The van der Waals surface area contributed by atoms with Crippen molar-refractivity contribution in [2.75, 3.05) is 5.32 Å². The number of amides is 1. The summed E-state index contributed by atoms with van der Waals surface area (Å²) in [6, 6.07) is 16.3. The molecule has 0 saturated heterocycles. The molecule has 0 aliphatic carbocycles. The van der Waals surface area contributed by atoms with Crippen molar-refractivity contribution in [3.8, 4) is 5.75 Å². The molecule has 2 N–H and O–H groups in total. The third-order valence-electron chi connectivity index (χ3n) is 4.16. The molecular weight excluding hydrogens is 432 g/mol. The first-order chi connectivity index (χ1) is 14.3. The van der Waals surface area contributed by atoms with E-state index in [1.165, 1.54) is 30.3 Å². The van der Waals surface area contributed by atoms with Crippen molar-refractivity contribution in [1.82, 2.24) is 0 Å². The maximum absolute atomic E-state index is 14.9. The number of aliphatic carboxylic acids is 1. The molecule has 0 aromatic heterocycles. The molecule has 0 bridgehead atoms. The van der Waals surface area contributed by atoms with Crippen molar-refractivity contribution in [2.45, 2.75) is 13.0 Å². The van der Waals surface area contributed by atoms with E-state index in [1.54, 1.807) is 0 Å². The van der Waals surface area contributed by atoms with Crippen molar-refractivity contribution in [1.29, 1.82) is 0 Å². The SMILES string of the molecule is O=C(O)Cc1ccc(NC(=O)c2c(Cl)ccc(OCc3ccccc3)c2F)c(Cl)c1. The second kappa shape index (κ2) is 9.61. The van der Waals surface area contributed by atoms with Gasteiger partial charge in [-0.25, -0.2) is 4.39 Å². The minimum Gasteiger partial charge on any atom is -0.486 e. The van der Waals surface area contributed by atoms with Crippen LogP contribution < -0.4 is 10.1 Å². The van der Waals surface area contributed by atoms with Crippen LogP contribution in [-0.2, 0) is 17.8 Å². The van der Waals surface area contributed by atoms with Crippen molar-refractivity contribution in [3.63, 3.8) is 0 Å². The highest BCUT2D eigenvalue weighted by Gasteiger charge is 2.21. The van der Waals surface area contributed by atoms with Gasteiger partial charge in [0.1, 0.15) is 6.61 Å². The Kier molecular flexibility index (Phi) is 6.92. The van der Waals surface area contributed by atoms with Gasteiger partial charge in [0, 0.05) is 0 Å². The third kappa shape index (κ3) is 5.28. The van der Waals surface area contributed by atoms with Gasteiger partial charge in [-0.05, 0) is 35.4 Å². The standard InChI is InChI=1S/C22H16Cl2FNO4/c23-15-7-9-18(30-12-13-4-2-1-3-5-13)21(25)20(15)22(29)26-17-8-6-14(10-16(17)24)11-19(27)28/h1-10H,11-12H2,(H,26,29)(H,27,28). The van der Waals surface area contributed by atoms with Crippen molar-refractivity contribution in [3.05, 3.63) is 93.2 Å². The minimum absolute atomic E-state index is 0.0873. The number of carboxylic acids is 1. The molecule has 0 fully saturated rings. The van der Waals surface area contributed by atoms with Gasteiger partial charge in [-0.1, -0.05) is 59.6 Å². The molecule has 0 unspecified atom stereocenters. The van der Waals surface area contributed by atoms with E-state index in [1.807, 2.05) is 30.3 Å². The largest absolute Gasteiger partial charge is 0.486 e. The summed E-state index contributed by atoms with van der Waals surface area (Å²) >= 11 is 12.2. The number of benzene rings is 3. The molecule has 3 aromatic rings. The Bertz CT molecular complexity index is 1090. The summed E-state index contributed by atoms with van der Waals surface area (Å²) in [5, 5.41) is 11.4. The average molecular weight is 448 g/mol. The molecule has 30 heavy (non-hydrogen) atoms. The van der Waals surface area contributed by atoms with Crippen molar-refractivity contribution >= 4 is 40.8 Å². The molecule has 0 atom stereocenters. The van der Waals surface area contributed by atoms with Crippen LogP contribution >= 0.6 is 23.2 Å². The number of nitrogens with one attached hydrogen (secondary N) is 1. The smallest absolute Gasteiger partial charge is 0.307 e. The van der Waals surface area contributed by atoms with E-state index in [4.69, 9.17) is 33.0 Å². The van der Waals surface area contributed by atoms with Crippen molar-refractivity contribution in [2.24, 2.45) is 0 Å². The summed E-state index contributed by atoms with van der Waals surface area (Å²) in [4.78, 5) is 23.5. The molecule has 5 nitrogen and oxygen atoms in total. The number of hydrogen-bond acceptors (Lipinski definition) is 3. The zero-order valence-corrected chi connectivity index (χ0v) is 17.0. The number of carboxylic acid groups (broad SMARTS) is 1. The molecule has 3 rings (SSSR count). The highest BCUT2D eigenvalue weighted by atomic mass is 35.5. The summed E-state index contributed by atoms with van der Waals surface area (Å²) in [7, 11) is 0. The summed E-state index contributed by atoms with van der Waals surface area (Å²) in [5.74, 6) is -2.83. The third-order valence-corrected chi connectivity index (χ3v) is 4.78. The normalized spacial score (nSPS) is 10.5. The first-order valence-electron chi connectivity index (χ1n) is 8.81. The Morgan fingerprint density at radius 1 is 0.967 bits per heavy atom. The van der Waals surface area contributed by atoms with Crippen molar-refractivity contribution < 1.29 is 23.8 Å². The topological polar surface area (TPSA) is 75.6 Å². The number of carbonyl (C=O) groups is 2. The van der Waals surface area contributed by atoms with E-state index in [9.17, 15) is 14.0 Å². The van der Waals surface area contributed by atoms with Crippen LogP contribution in [0.2, 0.25) is 10.0 Å². The predicted molar refractivity (Wildman–Crippen MR) is 113 cm³/mol. The molecule has 0 saturated carbocycles. The van der Waals surface area contributed by atoms with E-state index in [0.717, 1.165) is 5.56 Å². The number of carbonyl (C=O) groups excluding carboxylic acids is 1. The Hall–Kier alpha value is -3.09. The fraction of sp³-hybridized carbons (Fsp3) is 0.0909. The minimum atomic E-state index is -1.01. The number of anilines is 1. The van der Waals surface area contributed by atoms with Crippen LogP contribution in [0.1, 0.15) is 21.5 Å². The van der Waals surface area contributed by atoms with Crippen LogP contribution in [0.25, 0.3) is 0 Å². The van der Waals surface area contributed by atoms with Gasteiger partial charge in [-0.3, -0.25) is 9.59 Å². The lowest BCUT2D eigenvalue weighted by atomic mass is 10.1. The predicted octanol–water partition coefficient (Wildman–Crippen LogP) is 5.59. The van der Waals surface area contributed by atoms with E-state index >= 15 is 0 Å². The Labute approximate surface area is 182 Å². The number of rotatable bonds is 7. The lowest BCUT2D eigenvalue weighted by Gasteiger charge is -2.13. The lowest BCUT2D eigenvalue weighted by molar-refractivity contribution is -0.136. The van der Waals surface area contributed by atoms with Crippen LogP contribution in [0.15, 0.2) is 60.7 Å². The molecule has 154 valence electrons. The molecule has 0 aliphatic rings.